The summed E-state index contributed by atoms with van der Waals surface area (Å²) in [5, 5.41) is 2.95. The van der Waals surface area contributed by atoms with E-state index in [-0.39, 0.29) is 5.91 Å². The Balaban J connectivity index is 2.02. The number of nitrogens with one attached hydrogen (secondary N) is 1. The first-order valence-corrected chi connectivity index (χ1v) is 9.15. The fourth-order valence-corrected chi connectivity index (χ4v) is 2.83. The van der Waals surface area contributed by atoms with Gasteiger partial charge in [0, 0.05) is 22.7 Å². The maximum Gasteiger partial charge on any atom is 0.255 e. The molecule has 1 N–H and O–H groups in total. The largest absolute Gasteiger partial charge is 0.322 e. The zero-order valence-corrected chi connectivity index (χ0v) is 14.8. The standard InChI is InChI=1S/C19H24N2OS/c1-4-21(5-2)14-15-9-11-16(12-10-15)19(22)20-17-7-6-8-18(13-17)23-3/h6-13H,4-5,14H2,1-3H3,(H,20,22). The average Bonchev–Trinajstić information content (AvgIpc) is 2.60. The number of hydrogen-bond acceptors (Lipinski definition) is 3. The normalized spacial score (nSPS) is 10.8. The van der Waals surface area contributed by atoms with Gasteiger partial charge in [-0.05, 0) is 55.2 Å². The lowest BCUT2D eigenvalue weighted by molar-refractivity contribution is 0.102. The number of amides is 1. The van der Waals surface area contributed by atoms with Gasteiger partial charge in [-0.15, -0.1) is 11.8 Å². The van der Waals surface area contributed by atoms with Gasteiger partial charge in [-0.2, -0.15) is 0 Å². The van der Waals surface area contributed by atoms with Crippen molar-refractivity contribution in [1.29, 1.82) is 0 Å². The lowest BCUT2D eigenvalue weighted by Gasteiger charge is -2.18. The monoisotopic (exact) mass is 328 g/mol. The quantitative estimate of drug-likeness (QED) is 0.759. The summed E-state index contributed by atoms with van der Waals surface area (Å²) in [5.41, 5.74) is 2.74. The van der Waals surface area contributed by atoms with E-state index in [4.69, 9.17) is 0 Å². The topological polar surface area (TPSA) is 32.3 Å². The first-order chi connectivity index (χ1) is 11.2. The van der Waals surface area contributed by atoms with E-state index in [0.717, 1.165) is 30.2 Å². The lowest BCUT2D eigenvalue weighted by Crippen LogP contribution is -2.22. The van der Waals surface area contributed by atoms with Gasteiger partial charge in [-0.3, -0.25) is 9.69 Å². The molecule has 122 valence electrons. The Morgan fingerprint density at radius 3 is 2.39 bits per heavy atom. The Morgan fingerprint density at radius 1 is 1.09 bits per heavy atom. The second-order valence-electron chi connectivity index (χ2n) is 5.34. The third kappa shape index (κ3) is 5.12. The summed E-state index contributed by atoms with van der Waals surface area (Å²) >= 11 is 1.66. The number of anilines is 1. The van der Waals surface area contributed by atoms with Crippen LogP contribution in [-0.4, -0.2) is 30.2 Å². The van der Waals surface area contributed by atoms with E-state index in [1.807, 2.05) is 54.8 Å². The molecule has 0 saturated heterocycles. The second kappa shape index (κ2) is 8.75. The molecule has 0 atom stereocenters. The van der Waals surface area contributed by atoms with Crippen LogP contribution in [0.15, 0.2) is 53.4 Å². The Bertz CT molecular complexity index is 636. The molecule has 0 unspecified atom stereocenters. The zero-order valence-electron chi connectivity index (χ0n) is 14.0. The summed E-state index contributed by atoms with van der Waals surface area (Å²) in [7, 11) is 0. The molecule has 0 aliphatic rings. The number of rotatable bonds is 7. The highest BCUT2D eigenvalue weighted by molar-refractivity contribution is 7.98. The predicted octanol–water partition coefficient (Wildman–Crippen LogP) is 4.50. The van der Waals surface area contributed by atoms with Gasteiger partial charge < -0.3 is 5.32 Å². The summed E-state index contributed by atoms with van der Waals surface area (Å²) in [6.45, 7) is 7.31. The van der Waals surface area contributed by atoms with E-state index in [9.17, 15) is 4.79 Å². The van der Waals surface area contributed by atoms with E-state index in [2.05, 4.69) is 24.1 Å². The molecule has 2 aromatic rings. The molecule has 0 radical (unpaired) electrons. The van der Waals surface area contributed by atoms with E-state index >= 15 is 0 Å². The van der Waals surface area contributed by atoms with Gasteiger partial charge in [0.2, 0.25) is 0 Å². The first-order valence-electron chi connectivity index (χ1n) is 7.93. The van der Waals surface area contributed by atoms with Gasteiger partial charge in [0.1, 0.15) is 0 Å². The van der Waals surface area contributed by atoms with Crippen LogP contribution in [0.3, 0.4) is 0 Å². The summed E-state index contributed by atoms with van der Waals surface area (Å²) in [5.74, 6) is -0.0716. The Hall–Kier alpha value is -1.78. The van der Waals surface area contributed by atoms with Crippen LogP contribution in [0.1, 0.15) is 29.8 Å². The van der Waals surface area contributed by atoms with E-state index in [1.54, 1.807) is 11.8 Å². The summed E-state index contributed by atoms with van der Waals surface area (Å²) in [6.07, 6.45) is 2.02. The van der Waals surface area contributed by atoms with Crippen LogP contribution in [-0.2, 0) is 6.54 Å². The van der Waals surface area contributed by atoms with Crippen molar-refractivity contribution in [2.75, 3.05) is 24.7 Å². The van der Waals surface area contributed by atoms with Crippen LogP contribution in [0.2, 0.25) is 0 Å². The molecule has 0 aromatic heterocycles. The molecule has 1 amide bonds. The minimum absolute atomic E-state index is 0.0716. The van der Waals surface area contributed by atoms with Crippen molar-refractivity contribution in [2.45, 2.75) is 25.3 Å². The number of carbonyl (C=O) groups is 1. The maximum atomic E-state index is 12.3. The van der Waals surface area contributed by atoms with Gasteiger partial charge in [0.05, 0.1) is 0 Å². The van der Waals surface area contributed by atoms with Crippen LogP contribution in [0.4, 0.5) is 5.69 Å². The second-order valence-corrected chi connectivity index (χ2v) is 6.22. The Labute approximate surface area is 143 Å². The van der Waals surface area contributed by atoms with Crippen molar-refractivity contribution < 1.29 is 4.79 Å². The van der Waals surface area contributed by atoms with Gasteiger partial charge in [-0.25, -0.2) is 0 Å². The Kier molecular flexibility index (Phi) is 6.68. The van der Waals surface area contributed by atoms with Crippen molar-refractivity contribution in [3.63, 3.8) is 0 Å². The van der Waals surface area contributed by atoms with E-state index in [1.165, 1.54) is 5.56 Å². The van der Waals surface area contributed by atoms with Crippen LogP contribution in [0, 0.1) is 0 Å². The van der Waals surface area contributed by atoms with Gasteiger partial charge >= 0.3 is 0 Å². The minimum atomic E-state index is -0.0716. The molecular formula is C19H24N2OS. The first kappa shape index (κ1) is 17.6. The fourth-order valence-electron chi connectivity index (χ4n) is 2.37. The highest BCUT2D eigenvalue weighted by Gasteiger charge is 2.07. The zero-order chi connectivity index (χ0) is 16.7. The summed E-state index contributed by atoms with van der Waals surface area (Å²) in [6, 6.07) is 15.7. The molecule has 4 heteroatoms. The van der Waals surface area contributed by atoms with E-state index in [0.29, 0.717) is 5.56 Å². The molecule has 0 fully saturated rings. The van der Waals surface area contributed by atoms with Crippen LogP contribution < -0.4 is 5.32 Å². The van der Waals surface area contributed by atoms with Gasteiger partial charge in [0.25, 0.3) is 5.91 Å². The van der Waals surface area contributed by atoms with E-state index < -0.39 is 0 Å². The predicted molar refractivity (Wildman–Crippen MR) is 99.2 cm³/mol. The third-order valence-electron chi connectivity index (χ3n) is 3.84. The smallest absolute Gasteiger partial charge is 0.255 e. The number of carbonyl (C=O) groups excluding carboxylic acids is 1. The third-order valence-corrected chi connectivity index (χ3v) is 4.57. The number of nitrogens with zero attached hydrogens (tertiary/aromatic N) is 1. The summed E-state index contributed by atoms with van der Waals surface area (Å²) in [4.78, 5) is 15.8. The summed E-state index contributed by atoms with van der Waals surface area (Å²) < 4.78 is 0. The minimum Gasteiger partial charge on any atom is -0.322 e. The van der Waals surface area contributed by atoms with Gasteiger partial charge in [0.15, 0.2) is 0 Å². The maximum absolute atomic E-state index is 12.3. The van der Waals surface area contributed by atoms with Crippen molar-refractivity contribution in [1.82, 2.24) is 4.90 Å². The SMILES string of the molecule is CCN(CC)Cc1ccc(C(=O)Nc2cccc(SC)c2)cc1. The molecule has 0 saturated carbocycles. The fraction of sp³-hybridized carbons (Fsp3) is 0.316. The molecule has 0 heterocycles. The number of thioether (sulfide) groups is 1. The molecule has 0 bridgehead atoms. The molecule has 2 rings (SSSR count). The molecule has 2 aromatic carbocycles. The number of benzene rings is 2. The molecule has 3 nitrogen and oxygen atoms in total. The molecule has 23 heavy (non-hydrogen) atoms. The average molecular weight is 328 g/mol. The van der Waals surface area contributed by atoms with Crippen LogP contribution in [0.25, 0.3) is 0 Å². The molecule has 0 aliphatic carbocycles. The van der Waals surface area contributed by atoms with Crippen LogP contribution >= 0.6 is 11.8 Å². The lowest BCUT2D eigenvalue weighted by atomic mass is 10.1. The van der Waals surface area contributed by atoms with Crippen molar-refractivity contribution in [3.05, 3.63) is 59.7 Å². The molecule has 0 spiro atoms. The Morgan fingerprint density at radius 2 is 1.78 bits per heavy atom. The molecular weight excluding hydrogens is 304 g/mol. The highest BCUT2D eigenvalue weighted by atomic mass is 32.2. The highest BCUT2D eigenvalue weighted by Crippen LogP contribution is 2.19. The van der Waals surface area contributed by atoms with Gasteiger partial charge in [-0.1, -0.05) is 32.0 Å². The number of hydrogen-bond donors (Lipinski definition) is 1. The van der Waals surface area contributed by atoms with Crippen LogP contribution in [0.5, 0.6) is 0 Å². The van der Waals surface area contributed by atoms with Crippen molar-refractivity contribution >= 4 is 23.4 Å². The van der Waals surface area contributed by atoms with Crippen molar-refractivity contribution in [3.8, 4) is 0 Å². The van der Waals surface area contributed by atoms with Crippen molar-refractivity contribution in [2.24, 2.45) is 0 Å². The molecule has 0 aliphatic heterocycles.